The van der Waals surface area contributed by atoms with Crippen LogP contribution in [0.1, 0.15) is 25.5 Å². The van der Waals surface area contributed by atoms with Crippen molar-refractivity contribution in [1.82, 2.24) is 9.88 Å². The SMILES string of the molecule is CCCC(COC)NCc1cccn1C. The molecule has 1 aromatic heterocycles. The zero-order valence-corrected chi connectivity index (χ0v) is 9.99. The highest BCUT2D eigenvalue weighted by molar-refractivity contribution is 5.06. The Labute approximate surface area is 92.4 Å². The van der Waals surface area contributed by atoms with Gasteiger partial charge in [0.05, 0.1) is 6.61 Å². The molecule has 1 aromatic rings. The minimum absolute atomic E-state index is 0.467. The summed E-state index contributed by atoms with van der Waals surface area (Å²) in [5.74, 6) is 0. The highest BCUT2D eigenvalue weighted by atomic mass is 16.5. The number of hydrogen-bond acceptors (Lipinski definition) is 2. The Balaban J connectivity index is 2.36. The maximum Gasteiger partial charge on any atom is 0.0615 e. The number of nitrogens with one attached hydrogen (secondary N) is 1. The second-order valence-corrected chi connectivity index (χ2v) is 3.93. The smallest absolute Gasteiger partial charge is 0.0615 e. The Bertz CT molecular complexity index is 264. The second-order valence-electron chi connectivity index (χ2n) is 3.93. The first-order valence-electron chi connectivity index (χ1n) is 5.60. The molecule has 0 saturated carbocycles. The van der Waals surface area contributed by atoms with Crippen molar-refractivity contribution >= 4 is 0 Å². The fourth-order valence-electron chi connectivity index (χ4n) is 1.72. The monoisotopic (exact) mass is 210 g/mol. The molecule has 15 heavy (non-hydrogen) atoms. The Kier molecular flexibility index (Phi) is 5.43. The van der Waals surface area contributed by atoms with Crippen LogP contribution in [0.5, 0.6) is 0 Å². The Morgan fingerprint density at radius 3 is 2.87 bits per heavy atom. The van der Waals surface area contributed by atoms with E-state index in [1.54, 1.807) is 7.11 Å². The highest BCUT2D eigenvalue weighted by Crippen LogP contribution is 2.02. The maximum atomic E-state index is 5.19. The van der Waals surface area contributed by atoms with Crippen molar-refractivity contribution in [2.45, 2.75) is 32.4 Å². The van der Waals surface area contributed by atoms with Crippen molar-refractivity contribution in [3.63, 3.8) is 0 Å². The van der Waals surface area contributed by atoms with Crippen molar-refractivity contribution < 1.29 is 4.74 Å². The standard InChI is InChI=1S/C12H22N2O/c1-4-6-11(10-15-3)13-9-12-7-5-8-14(12)2/h5,7-8,11,13H,4,6,9-10H2,1-3H3. The molecule has 0 aliphatic carbocycles. The number of aromatic nitrogens is 1. The lowest BCUT2D eigenvalue weighted by Gasteiger charge is -2.17. The molecule has 0 aliphatic rings. The summed E-state index contributed by atoms with van der Waals surface area (Å²) in [6.45, 7) is 3.91. The Hall–Kier alpha value is -0.800. The molecule has 86 valence electrons. The van der Waals surface area contributed by atoms with Crippen LogP contribution in [-0.2, 0) is 18.3 Å². The third-order valence-electron chi connectivity index (χ3n) is 2.63. The molecule has 1 heterocycles. The Morgan fingerprint density at radius 1 is 1.53 bits per heavy atom. The predicted octanol–water partition coefficient (Wildman–Crippen LogP) is 1.93. The van der Waals surface area contributed by atoms with E-state index in [4.69, 9.17) is 4.74 Å². The summed E-state index contributed by atoms with van der Waals surface area (Å²) in [4.78, 5) is 0. The molecule has 0 aromatic carbocycles. The molecule has 3 nitrogen and oxygen atoms in total. The van der Waals surface area contributed by atoms with Gasteiger partial charge in [-0.1, -0.05) is 13.3 Å². The third-order valence-corrected chi connectivity index (χ3v) is 2.63. The summed E-state index contributed by atoms with van der Waals surface area (Å²) in [7, 11) is 3.83. The van der Waals surface area contributed by atoms with Crippen LogP contribution in [0.15, 0.2) is 18.3 Å². The molecule has 0 spiro atoms. The van der Waals surface area contributed by atoms with Gasteiger partial charge in [0.25, 0.3) is 0 Å². The number of aryl methyl sites for hydroxylation is 1. The Morgan fingerprint density at radius 2 is 2.33 bits per heavy atom. The van der Waals surface area contributed by atoms with E-state index < -0.39 is 0 Å². The molecule has 0 amide bonds. The lowest BCUT2D eigenvalue weighted by molar-refractivity contribution is 0.161. The zero-order valence-electron chi connectivity index (χ0n) is 9.99. The fourth-order valence-corrected chi connectivity index (χ4v) is 1.72. The minimum atomic E-state index is 0.467. The van der Waals surface area contributed by atoms with Gasteiger partial charge < -0.3 is 14.6 Å². The zero-order chi connectivity index (χ0) is 11.1. The van der Waals surface area contributed by atoms with Gasteiger partial charge >= 0.3 is 0 Å². The van der Waals surface area contributed by atoms with Crippen LogP contribution in [-0.4, -0.2) is 24.3 Å². The van der Waals surface area contributed by atoms with E-state index in [0.29, 0.717) is 6.04 Å². The second kappa shape index (κ2) is 6.64. The summed E-state index contributed by atoms with van der Waals surface area (Å²) in [5.41, 5.74) is 1.31. The minimum Gasteiger partial charge on any atom is -0.383 e. The molecule has 1 unspecified atom stereocenters. The first-order chi connectivity index (χ1) is 7.27. The van der Waals surface area contributed by atoms with Gasteiger partial charge in [0.2, 0.25) is 0 Å². The molecule has 1 N–H and O–H groups in total. The van der Waals surface area contributed by atoms with Crippen molar-refractivity contribution in [3.05, 3.63) is 24.0 Å². The number of nitrogens with zero attached hydrogens (tertiary/aromatic N) is 1. The van der Waals surface area contributed by atoms with E-state index in [9.17, 15) is 0 Å². The summed E-state index contributed by atoms with van der Waals surface area (Å²) in [6.07, 6.45) is 4.43. The molecule has 0 fully saturated rings. The quantitative estimate of drug-likeness (QED) is 0.744. The number of ether oxygens (including phenoxy) is 1. The first kappa shape index (κ1) is 12.3. The van der Waals surface area contributed by atoms with Gasteiger partial charge in [0, 0.05) is 38.6 Å². The van der Waals surface area contributed by atoms with E-state index in [-0.39, 0.29) is 0 Å². The van der Waals surface area contributed by atoms with Crippen LogP contribution in [0.2, 0.25) is 0 Å². The van der Waals surface area contributed by atoms with Crippen LogP contribution in [0.3, 0.4) is 0 Å². The van der Waals surface area contributed by atoms with Gasteiger partial charge in [-0.25, -0.2) is 0 Å². The van der Waals surface area contributed by atoms with Gasteiger partial charge in [-0.3, -0.25) is 0 Å². The number of rotatable bonds is 7. The summed E-state index contributed by atoms with van der Waals surface area (Å²) in [5, 5.41) is 3.52. The van der Waals surface area contributed by atoms with Crippen molar-refractivity contribution in [2.75, 3.05) is 13.7 Å². The molecule has 0 radical (unpaired) electrons. The molecular weight excluding hydrogens is 188 g/mol. The average Bonchev–Trinajstić information content (AvgIpc) is 2.61. The topological polar surface area (TPSA) is 26.2 Å². The van der Waals surface area contributed by atoms with Crippen molar-refractivity contribution in [1.29, 1.82) is 0 Å². The maximum absolute atomic E-state index is 5.19. The molecule has 0 aliphatic heterocycles. The van der Waals surface area contributed by atoms with Gasteiger partial charge in [0.1, 0.15) is 0 Å². The van der Waals surface area contributed by atoms with Crippen LogP contribution in [0.25, 0.3) is 0 Å². The van der Waals surface area contributed by atoms with Crippen LogP contribution >= 0.6 is 0 Å². The number of hydrogen-bond donors (Lipinski definition) is 1. The van der Waals surface area contributed by atoms with Gasteiger partial charge in [-0.2, -0.15) is 0 Å². The van der Waals surface area contributed by atoms with E-state index in [0.717, 1.165) is 19.6 Å². The van der Waals surface area contributed by atoms with E-state index >= 15 is 0 Å². The van der Waals surface area contributed by atoms with Crippen molar-refractivity contribution in [2.24, 2.45) is 7.05 Å². The highest BCUT2D eigenvalue weighted by Gasteiger charge is 2.07. The molecule has 3 heteroatoms. The van der Waals surface area contributed by atoms with Crippen LogP contribution < -0.4 is 5.32 Å². The molecule has 0 saturated heterocycles. The predicted molar refractivity (Wildman–Crippen MR) is 62.8 cm³/mol. The summed E-state index contributed by atoms with van der Waals surface area (Å²) >= 11 is 0. The molecule has 0 bridgehead atoms. The average molecular weight is 210 g/mol. The van der Waals surface area contributed by atoms with E-state index in [2.05, 4.69) is 42.2 Å². The molecule has 1 rings (SSSR count). The van der Waals surface area contributed by atoms with E-state index in [1.807, 2.05) is 0 Å². The largest absolute Gasteiger partial charge is 0.383 e. The third kappa shape index (κ3) is 4.06. The number of methoxy groups -OCH3 is 1. The molecule has 1 atom stereocenters. The van der Waals surface area contributed by atoms with Gasteiger partial charge in [0.15, 0.2) is 0 Å². The normalized spacial score (nSPS) is 13.0. The van der Waals surface area contributed by atoms with Crippen LogP contribution in [0, 0.1) is 0 Å². The first-order valence-corrected chi connectivity index (χ1v) is 5.60. The summed E-state index contributed by atoms with van der Waals surface area (Å²) < 4.78 is 7.33. The lowest BCUT2D eigenvalue weighted by Crippen LogP contribution is -2.33. The molecular formula is C12H22N2O. The van der Waals surface area contributed by atoms with Crippen LogP contribution in [0.4, 0.5) is 0 Å². The fraction of sp³-hybridized carbons (Fsp3) is 0.667. The van der Waals surface area contributed by atoms with Crippen molar-refractivity contribution in [3.8, 4) is 0 Å². The lowest BCUT2D eigenvalue weighted by atomic mass is 10.2. The van der Waals surface area contributed by atoms with Gasteiger partial charge in [-0.15, -0.1) is 0 Å². The van der Waals surface area contributed by atoms with E-state index in [1.165, 1.54) is 12.1 Å². The summed E-state index contributed by atoms with van der Waals surface area (Å²) in [6, 6.07) is 4.68. The van der Waals surface area contributed by atoms with Gasteiger partial charge in [-0.05, 0) is 18.6 Å².